The summed E-state index contributed by atoms with van der Waals surface area (Å²) in [7, 11) is 0. The molecule has 0 atom stereocenters. The van der Waals surface area contributed by atoms with E-state index in [2.05, 4.69) is 48.3 Å². The molecule has 0 bridgehead atoms. The average Bonchev–Trinajstić information content (AvgIpc) is 3.56. The fraction of sp³-hybridized carbons (Fsp3) is 0.560. The molecule has 33 heavy (non-hydrogen) atoms. The number of aromatic nitrogens is 3. The van der Waals surface area contributed by atoms with Crippen LogP contribution in [0.3, 0.4) is 0 Å². The second-order valence-electron chi connectivity index (χ2n) is 9.35. The monoisotopic (exact) mass is 466 g/mol. The highest BCUT2D eigenvalue weighted by atomic mass is 32.1. The summed E-state index contributed by atoms with van der Waals surface area (Å²) in [5.41, 5.74) is 3.36. The second kappa shape index (κ2) is 9.71. The fourth-order valence-corrected chi connectivity index (χ4v) is 5.76. The van der Waals surface area contributed by atoms with Crippen molar-refractivity contribution in [3.63, 3.8) is 0 Å². The standard InChI is InChI=1S/C25H34N6OS/c1-3-4-9-21(32)29-14-16-30(17-15-29)25-28-31-23(26-20-7-5-6-8-20)22(27-24(31)33-25)19-12-10-18(2)11-13-19/h10-13,20,26H,3-9,14-17H2,1-2H3. The Balaban J connectivity index is 1.38. The van der Waals surface area contributed by atoms with Crippen LogP contribution >= 0.6 is 11.3 Å². The van der Waals surface area contributed by atoms with Crippen molar-refractivity contribution in [2.75, 3.05) is 36.4 Å². The number of unbranched alkanes of at least 4 members (excludes halogenated alkanes) is 1. The molecule has 0 unspecified atom stereocenters. The van der Waals surface area contributed by atoms with Gasteiger partial charge in [-0.1, -0.05) is 67.4 Å². The summed E-state index contributed by atoms with van der Waals surface area (Å²) in [5, 5.41) is 9.76. The van der Waals surface area contributed by atoms with E-state index in [1.54, 1.807) is 11.3 Å². The van der Waals surface area contributed by atoms with E-state index in [1.165, 1.54) is 31.2 Å². The molecule has 2 aliphatic rings. The van der Waals surface area contributed by atoms with E-state index in [1.807, 2.05) is 9.42 Å². The number of carbonyl (C=O) groups is 1. The average molecular weight is 467 g/mol. The number of imidazole rings is 1. The Hall–Kier alpha value is -2.61. The van der Waals surface area contributed by atoms with Crippen molar-refractivity contribution in [3.8, 4) is 11.3 Å². The Labute approximate surface area is 199 Å². The van der Waals surface area contributed by atoms with E-state index < -0.39 is 0 Å². The molecule has 1 aromatic carbocycles. The molecule has 0 radical (unpaired) electrons. The first-order valence-electron chi connectivity index (χ1n) is 12.4. The van der Waals surface area contributed by atoms with Crippen molar-refractivity contribution in [2.45, 2.75) is 64.8 Å². The molecule has 5 rings (SSSR count). The van der Waals surface area contributed by atoms with Crippen LogP contribution in [-0.2, 0) is 4.79 Å². The zero-order chi connectivity index (χ0) is 22.8. The number of nitrogens with one attached hydrogen (secondary N) is 1. The summed E-state index contributed by atoms with van der Waals surface area (Å²) in [4.78, 5) is 22.6. The van der Waals surface area contributed by atoms with E-state index in [-0.39, 0.29) is 5.91 Å². The van der Waals surface area contributed by atoms with E-state index >= 15 is 0 Å². The predicted octanol–water partition coefficient (Wildman–Crippen LogP) is 4.96. The molecule has 7 nitrogen and oxygen atoms in total. The van der Waals surface area contributed by atoms with Gasteiger partial charge < -0.3 is 15.1 Å². The Bertz CT molecular complexity index is 1090. The van der Waals surface area contributed by atoms with Crippen molar-refractivity contribution in [3.05, 3.63) is 29.8 Å². The molecule has 1 aliphatic carbocycles. The maximum absolute atomic E-state index is 12.4. The summed E-state index contributed by atoms with van der Waals surface area (Å²) in [6.07, 6.45) is 7.66. The zero-order valence-electron chi connectivity index (χ0n) is 19.7. The summed E-state index contributed by atoms with van der Waals surface area (Å²) >= 11 is 1.64. The molecule has 3 heterocycles. The summed E-state index contributed by atoms with van der Waals surface area (Å²) in [6, 6.07) is 9.07. The molecule has 1 amide bonds. The first kappa shape index (κ1) is 22.2. The Morgan fingerprint density at radius 1 is 1.12 bits per heavy atom. The topological polar surface area (TPSA) is 65.8 Å². The molecule has 0 spiro atoms. The largest absolute Gasteiger partial charge is 0.365 e. The van der Waals surface area contributed by atoms with Gasteiger partial charge in [0.05, 0.1) is 0 Å². The summed E-state index contributed by atoms with van der Waals surface area (Å²) < 4.78 is 2.01. The van der Waals surface area contributed by atoms with Crippen LogP contribution in [0.1, 0.15) is 57.4 Å². The molecule has 2 aromatic heterocycles. The number of rotatable bonds is 7. The van der Waals surface area contributed by atoms with Gasteiger partial charge in [0.2, 0.25) is 16.0 Å². The second-order valence-corrected chi connectivity index (χ2v) is 10.3. The number of anilines is 2. The van der Waals surface area contributed by atoms with Crippen molar-refractivity contribution < 1.29 is 4.79 Å². The normalized spacial score (nSPS) is 17.3. The summed E-state index contributed by atoms with van der Waals surface area (Å²) in [6.45, 7) is 7.43. The number of piperazine rings is 1. The molecule has 1 saturated carbocycles. The molecule has 176 valence electrons. The van der Waals surface area contributed by atoms with Crippen LogP contribution in [0.2, 0.25) is 0 Å². The lowest BCUT2D eigenvalue weighted by atomic mass is 10.1. The number of hydrogen-bond acceptors (Lipinski definition) is 6. The molecule has 3 aromatic rings. The number of amides is 1. The number of benzene rings is 1. The van der Waals surface area contributed by atoms with Gasteiger partial charge >= 0.3 is 0 Å². The predicted molar refractivity (Wildman–Crippen MR) is 135 cm³/mol. The van der Waals surface area contributed by atoms with E-state index in [9.17, 15) is 4.79 Å². The van der Waals surface area contributed by atoms with Gasteiger partial charge in [-0.25, -0.2) is 4.98 Å². The van der Waals surface area contributed by atoms with E-state index in [4.69, 9.17) is 10.1 Å². The van der Waals surface area contributed by atoms with Crippen molar-refractivity contribution in [2.24, 2.45) is 0 Å². The van der Waals surface area contributed by atoms with Gasteiger partial charge in [-0.05, 0) is 26.2 Å². The van der Waals surface area contributed by atoms with Crippen LogP contribution in [0.4, 0.5) is 10.9 Å². The number of carbonyl (C=O) groups excluding carboxylic acids is 1. The van der Waals surface area contributed by atoms with Crippen LogP contribution in [0.5, 0.6) is 0 Å². The highest BCUT2D eigenvalue weighted by Crippen LogP contribution is 2.35. The minimum atomic E-state index is 0.288. The smallest absolute Gasteiger partial charge is 0.222 e. The maximum atomic E-state index is 12.4. The lowest BCUT2D eigenvalue weighted by molar-refractivity contribution is -0.131. The van der Waals surface area contributed by atoms with Gasteiger partial charge in [0.1, 0.15) is 5.69 Å². The Kier molecular flexibility index (Phi) is 6.53. The Morgan fingerprint density at radius 3 is 2.55 bits per heavy atom. The first-order valence-corrected chi connectivity index (χ1v) is 13.2. The van der Waals surface area contributed by atoms with Gasteiger partial charge in [-0.15, -0.1) is 5.10 Å². The molecule has 2 fully saturated rings. The number of hydrogen-bond donors (Lipinski definition) is 1. The number of fused-ring (bicyclic) bond motifs is 1. The molecular formula is C25H34N6OS. The molecule has 1 N–H and O–H groups in total. The lowest BCUT2D eigenvalue weighted by Gasteiger charge is -2.34. The van der Waals surface area contributed by atoms with Crippen molar-refractivity contribution in [1.82, 2.24) is 19.5 Å². The maximum Gasteiger partial charge on any atom is 0.222 e. The SMILES string of the molecule is CCCCC(=O)N1CCN(c2nn3c(NC4CCCC4)c(-c4ccc(C)cc4)nc3s2)CC1. The van der Waals surface area contributed by atoms with Crippen molar-refractivity contribution in [1.29, 1.82) is 0 Å². The molecule has 8 heteroatoms. The third-order valence-corrected chi connectivity index (χ3v) is 7.83. The van der Waals surface area contributed by atoms with Crippen LogP contribution in [-0.4, -0.2) is 57.6 Å². The van der Waals surface area contributed by atoms with Gasteiger partial charge in [-0.3, -0.25) is 4.79 Å². The molecular weight excluding hydrogens is 432 g/mol. The summed E-state index contributed by atoms with van der Waals surface area (Å²) in [5.74, 6) is 1.30. The van der Waals surface area contributed by atoms with Crippen LogP contribution in [0, 0.1) is 6.92 Å². The lowest BCUT2D eigenvalue weighted by Crippen LogP contribution is -2.48. The minimum absolute atomic E-state index is 0.288. The Morgan fingerprint density at radius 2 is 1.85 bits per heavy atom. The highest BCUT2D eigenvalue weighted by molar-refractivity contribution is 7.20. The van der Waals surface area contributed by atoms with Gasteiger partial charge in [-0.2, -0.15) is 4.52 Å². The molecule has 1 aliphatic heterocycles. The minimum Gasteiger partial charge on any atom is -0.365 e. The van der Waals surface area contributed by atoms with E-state index in [0.717, 1.165) is 66.2 Å². The highest BCUT2D eigenvalue weighted by Gasteiger charge is 2.26. The third-order valence-electron chi connectivity index (χ3n) is 6.86. The van der Waals surface area contributed by atoms with Crippen molar-refractivity contribution >= 4 is 33.2 Å². The van der Waals surface area contributed by atoms with Gasteiger partial charge in [0.15, 0.2) is 5.82 Å². The van der Waals surface area contributed by atoms with Gasteiger partial charge in [0.25, 0.3) is 0 Å². The number of aryl methyl sites for hydroxylation is 1. The fourth-order valence-electron chi connectivity index (χ4n) is 4.81. The van der Waals surface area contributed by atoms with Crippen LogP contribution < -0.4 is 10.2 Å². The molecule has 1 saturated heterocycles. The van der Waals surface area contributed by atoms with E-state index in [0.29, 0.717) is 12.5 Å². The van der Waals surface area contributed by atoms with Gasteiger partial charge in [0, 0.05) is 44.2 Å². The zero-order valence-corrected chi connectivity index (χ0v) is 20.5. The van der Waals surface area contributed by atoms with Crippen LogP contribution in [0.15, 0.2) is 24.3 Å². The quantitative estimate of drug-likeness (QED) is 0.533. The third kappa shape index (κ3) is 4.71. The first-order chi connectivity index (χ1) is 16.1. The van der Waals surface area contributed by atoms with Crippen LogP contribution in [0.25, 0.3) is 16.2 Å². The number of nitrogens with zero attached hydrogens (tertiary/aromatic N) is 5.